The molecule has 0 aromatic heterocycles. The highest BCUT2D eigenvalue weighted by molar-refractivity contribution is 5.38. The molecule has 2 nitrogen and oxygen atoms in total. The number of rotatable bonds is 2. The van der Waals surface area contributed by atoms with Crippen LogP contribution in [0.3, 0.4) is 0 Å². The molecule has 1 atom stereocenters. The van der Waals surface area contributed by atoms with E-state index in [1.165, 1.54) is 24.0 Å². The SMILES string of the molecule is COc1ccc(C)cc1C1CCCCO1. The highest BCUT2D eigenvalue weighted by Gasteiger charge is 2.19. The van der Waals surface area contributed by atoms with Gasteiger partial charge in [0, 0.05) is 12.2 Å². The summed E-state index contributed by atoms with van der Waals surface area (Å²) in [5.41, 5.74) is 2.47. The Balaban J connectivity index is 2.27. The van der Waals surface area contributed by atoms with E-state index in [1.807, 2.05) is 6.07 Å². The van der Waals surface area contributed by atoms with E-state index in [1.54, 1.807) is 7.11 Å². The van der Waals surface area contributed by atoms with Crippen molar-refractivity contribution in [2.24, 2.45) is 0 Å². The van der Waals surface area contributed by atoms with Gasteiger partial charge in [-0.2, -0.15) is 0 Å². The summed E-state index contributed by atoms with van der Waals surface area (Å²) in [7, 11) is 1.72. The lowest BCUT2D eigenvalue weighted by Crippen LogP contribution is -2.12. The van der Waals surface area contributed by atoms with E-state index in [4.69, 9.17) is 9.47 Å². The Morgan fingerprint density at radius 1 is 1.33 bits per heavy atom. The van der Waals surface area contributed by atoms with E-state index in [2.05, 4.69) is 19.1 Å². The van der Waals surface area contributed by atoms with Crippen LogP contribution in [0.15, 0.2) is 18.2 Å². The molecule has 15 heavy (non-hydrogen) atoms. The third-order valence-electron chi connectivity index (χ3n) is 2.91. The fourth-order valence-electron chi connectivity index (χ4n) is 2.09. The van der Waals surface area contributed by atoms with Gasteiger partial charge >= 0.3 is 0 Å². The first-order valence-electron chi connectivity index (χ1n) is 5.57. The van der Waals surface area contributed by atoms with E-state index in [0.717, 1.165) is 18.8 Å². The van der Waals surface area contributed by atoms with E-state index < -0.39 is 0 Å². The molecular weight excluding hydrogens is 188 g/mol. The fraction of sp³-hybridized carbons (Fsp3) is 0.538. The summed E-state index contributed by atoms with van der Waals surface area (Å²) >= 11 is 0. The maximum absolute atomic E-state index is 5.78. The van der Waals surface area contributed by atoms with Crippen LogP contribution in [-0.4, -0.2) is 13.7 Å². The van der Waals surface area contributed by atoms with Crippen molar-refractivity contribution in [2.75, 3.05) is 13.7 Å². The van der Waals surface area contributed by atoms with Crippen molar-refractivity contribution in [3.05, 3.63) is 29.3 Å². The van der Waals surface area contributed by atoms with Crippen molar-refractivity contribution < 1.29 is 9.47 Å². The smallest absolute Gasteiger partial charge is 0.124 e. The molecule has 0 amide bonds. The van der Waals surface area contributed by atoms with Crippen LogP contribution in [-0.2, 0) is 4.74 Å². The summed E-state index contributed by atoms with van der Waals surface area (Å²) in [6, 6.07) is 6.28. The van der Waals surface area contributed by atoms with Crippen molar-refractivity contribution in [1.29, 1.82) is 0 Å². The zero-order valence-electron chi connectivity index (χ0n) is 9.45. The highest BCUT2D eigenvalue weighted by atomic mass is 16.5. The quantitative estimate of drug-likeness (QED) is 0.739. The van der Waals surface area contributed by atoms with Crippen LogP contribution in [0.25, 0.3) is 0 Å². The molecule has 82 valence electrons. The zero-order chi connectivity index (χ0) is 10.7. The van der Waals surface area contributed by atoms with Gasteiger partial charge in [-0.1, -0.05) is 11.6 Å². The molecule has 0 aliphatic carbocycles. The molecular formula is C13H18O2. The first-order chi connectivity index (χ1) is 7.31. The van der Waals surface area contributed by atoms with Gasteiger partial charge in [0.25, 0.3) is 0 Å². The predicted octanol–water partition coefficient (Wildman–Crippen LogP) is 3.25. The van der Waals surface area contributed by atoms with Crippen molar-refractivity contribution in [1.82, 2.24) is 0 Å². The van der Waals surface area contributed by atoms with Crippen LogP contribution >= 0.6 is 0 Å². The van der Waals surface area contributed by atoms with Crippen LogP contribution < -0.4 is 4.74 Å². The molecule has 1 aliphatic rings. The first-order valence-corrected chi connectivity index (χ1v) is 5.57. The van der Waals surface area contributed by atoms with Gasteiger partial charge in [0.1, 0.15) is 5.75 Å². The topological polar surface area (TPSA) is 18.5 Å². The molecule has 0 radical (unpaired) electrons. The first kappa shape index (κ1) is 10.5. The van der Waals surface area contributed by atoms with E-state index >= 15 is 0 Å². The summed E-state index contributed by atoms with van der Waals surface area (Å²) in [5.74, 6) is 0.951. The second-order valence-corrected chi connectivity index (χ2v) is 4.10. The van der Waals surface area contributed by atoms with Crippen molar-refractivity contribution in [2.45, 2.75) is 32.3 Å². The van der Waals surface area contributed by atoms with Crippen molar-refractivity contribution in [3.8, 4) is 5.75 Å². The number of hydrogen-bond donors (Lipinski definition) is 0. The van der Waals surface area contributed by atoms with Crippen LogP contribution in [0.2, 0.25) is 0 Å². The maximum atomic E-state index is 5.78. The van der Waals surface area contributed by atoms with Crippen LogP contribution in [0.1, 0.15) is 36.5 Å². The molecule has 2 heteroatoms. The summed E-state index contributed by atoms with van der Waals surface area (Å²) < 4.78 is 11.2. The average Bonchev–Trinajstić information content (AvgIpc) is 2.30. The Morgan fingerprint density at radius 3 is 2.87 bits per heavy atom. The second kappa shape index (κ2) is 4.67. The molecule has 1 saturated heterocycles. The lowest BCUT2D eigenvalue weighted by molar-refractivity contribution is 0.0136. The van der Waals surface area contributed by atoms with Gasteiger partial charge in [0.15, 0.2) is 0 Å². The Labute approximate surface area is 91.2 Å². The molecule has 0 saturated carbocycles. The minimum absolute atomic E-state index is 0.230. The molecule has 1 heterocycles. The van der Waals surface area contributed by atoms with E-state index in [0.29, 0.717) is 0 Å². The largest absolute Gasteiger partial charge is 0.496 e. The maximum Gasteiger partial charge on any atom is 0.124 e. The molecule has 1 aromatic rings. The van der Waals surface area contributed by atoms with Gasteiger partial charge < -0.3 is 9.47 Å². The van der Waals surface area contributed by atoms with Gasteiger partial charge in [-0.25, -0.2) is 0 Å². The lowest BCUT2D eigenvalue weighted by atomic mass is 9.99. The Morgan fingerprint density at radius 2 is 2.20 bits per heavy atom. The summed E-state index contributed by atoms with van der Waals surface area (Å²) in [4.78, 5) is 0. The summed E-state index contributed by atoms with van der Waals surface area (Å²) in [5, 5.41) is 0. The Bertz CT molecular complexity index is 327. The zero-order valence-corrected chi connectivity index (χ0v) is 9.45. The number of benzene rings is 1. The molecule has 1 aliphatic heterocycles. The molecule has 1 fully saturated rings. The molecule has 1 unspecified atom stereocenters. The van der Waals surface area contributed by atoms with Crippen molar-refractivity contribution >= 4 is 0 Å². The highest BCUT2D eigenvalue weighted by Crippen LogP contribution is 2.34. The molecule has 1 aromatic carbocycles. The van der Waals surface area contributed by atoms with Gasteiger partial charge in [-0.05, 0) is 38.3 Å². The number of aryl methyl sites for hydroxylation is 1. The average molecular weight is 206 g/mol. The minimum atomic E-state index is 0.230. The number of methoxy groups -OCH3 is 1. The number of ether oxygens (including phenoxy) is 2. The van der Waals surface area contributed by atoms with E-state index in [-0.39, 0.29) is 6.10 Å². The summed E-state index contributed by atoms with van der Waals surface area (Å²) in [6.45, 7) is 2.98. The van der Waals surface area contributed by atoms with Crippen LogP contribution in [0.5, 0.6) is 5.75 Å². The lowest BCUT2D eigenvalue weighted by Gasteiger charge is -2.24. The molecule has 0 bridgehead atoms. The van der Waals surface area contributed by atoms with Gasteiger partial charge in [-0.15, -0.1) is 0 Å². The van der Waals surface area contributed by atoms with E-state index in [9.17, 15) is 0 Å². The van der Waals surface area contributed by atoms with Crippen LogP contribution in [0.4, 0.5) is 0 Å². The number of hydrogen-bond acceptors (Lipinski definition) is 2. The molecule has 2 rings (SSSR count). The fourth-order valence-corrected chi connectivity index (χ4v) is 2.09. The molecule has 0 spiro atoms. The molecule has 0 N–H and O–H groups in total. The van der Waals surface area contributed by atoms with Crippen LogP contribution in [0, 0.1) is 6.92 Å². The Kier molecular flexibility index (Phi) is 3.27. The monoisotopic (exact) mass is 206 g/mol. The third kappa shape index (κ3) is 2.32. The normalized spacial score (nSPS) is 21.3. The minimum Gasteiger partial charge on any atom is -0.496 e. The van der Waals surface area contributed by atoms with Gasteiger partial charge in [0.2, 0.25) is 0 Å². The second-order valence-electron chi connectivity index (χ2n) is 4.10. The standard InChI is InChI=1S/C13H18O2/c1-10-6-7-12(14-2)11(9-10)13-5-3-4-8-15-13/h6-7,9,13H,3-5,8H2,1-2H3. The Hall–Kier alpha value is -1.02. The third-order valence-corrected chi connectivity index (χ3v) is 2.91. The predicted molar refractivity (Wildman–Crippen MR) is 60.3 cm³/mol. The van der Waals surface area contributed by atoms with Gasteiger partial charge in [-0.3, -0.25) is 0 Å². The van der Waals surface area contributed by atoms with Gasteiger partial charge in [0.05, 0.1) is 13.2 Å². The van der Waals surface area contributed by atoms with Crippen molar-refractivity contribution in [3.63, 3.8) is 0 Å². The summed E-state index contributed by atoms with van der Waals surface area (Å²) in [6.07, 6.45) is 3.78.